The summed E-state index contributed by atoms with van der Waals surface area (Å²) in [7, 11) is -6.11. The van der Waals surface area contributed by atoms with Crippen LogP contribution in [0.15, 0.2) is 89.8 Å². The molecule has 1 heterocycles. The molecule has 0 saturated heterocycles. The predicted molar refractivity (Wildman–Crippen MR) is 201 cm³/mol. The first-order valence-electron chi connectivity index (χ1n) is 18.1. The summed E-state index contributed by atoms with van der Waals surface area (Å²) in [6, 6.07) is 16.6. The largest absolute Gasteiger partial charge is 0.497 e. The number of halogens is 6. The zero-order chi connectivity index (χ0) is 41.4. The van der Waals surface area contributed by atoms with Crippen LogP contribution >= 0.6 is 0 Å². The fraction of sp³-hybridized carbons (Fsp3) is 0.500. The van der Waals surface area contributed by atoms with Gasteiger partial charge in [-0.15, -0.1) is 0 Å². The fourth-order valence-corrected chi connectivity index (χ4v) is 7.95. The van der Waals surface area contributed by atoms with Gasteiger partial charge in [0.1, 0.15) is 11.9 Å². The molecule has 0 fully saturated rings. The second-order valence-corrected chi connectivity index (χ2v) is 21.4. The standard InChI is InChI=1S/C40H50F6O8SSi/c1-38(2,3)56(5,6)54-36-15-11-10-14-34(51-26-29-16-18-32(49-4)19-17-29)37(53-35(36)20-21-50-25-28-12-8-7-9-13-28)27-52-55(47,48)33-23-30(39(41,42)43)22-31(24-33)40(44,45)46/h7-13,16-19,22-24,34-37H,14-15,20-21,25-27H2,1-6H3/b11-10-/t34-,35+,36-,37+/m1/s1. The molecule has 1 aliphatic heterocycles. The Morgan fingerprint density at radius 3 is 1.89 bits per heavy atom. The molecule has 0 radical (unpaired) electrons. The smallest absolute Gasteiger partial charge is 0.416 e. The SMILES string of the molecule is COc1ccc(CO[C@@H]2C/C=C\C[C@@H](O[Si](C)(C)C(C)(C)C)[C@H](CCOCc3ccccc3)O[C@H]2COS(=O)(=O)c2cc(C(F)(F)F)cc(C(F)(F)F)c2)cc1. The highest BCUT2D eigenvalue weighted by Gasteiger charge is 2.43. The Labute approximate surface area is 326 Å². The first kappa shape index (κ1) is 45.4. The van der Waals surface area contributed by atoms with Gasteiger partial charge in [-0.2, -0.15) is 34.8 Å². The van der Waals surface area contributed by atoms with Crippen LogP contribution in [-0.4, -0.2) is 61.5 Å². The molecule has 1 aliphatic rings. The first-order valence-corrected chi connectivity index (χ1v) is 22.4. The van der Waals surface area contributed by atoms with Crippen LogP contribution in [-0.2, 0) is 58.5 Å². The van der Waals surface area contributed by atoms with Crippen molar-refractivity contribution < 1.29 is 62.3 Å². The first-order chi connectivity index (χ1) is 26.1. The molecule has 0 bridgehead atoms. The van der Waals surface area contributed by atoms with Gasteiger partial charge in [-0.05, 0) is 78.9 Å². The van der Waals surface area contributed by atoms with E-state index in [4.69, 9.17) is 27.6 Å². The van der Waals surface area contributed by atoms with Gasteiger partial charge < -0.3 is 23.4 Å². The Kier molecular flexibility index (Phi) is 15.4. The summed E-state index contributed by atoms with van der Waals surface area (Å²) in [5.74, 6) is 0.618. The molecule has 8 nitrogen and oxygen atoms in total. The molecule has 0 spiro atoms. The molecule has 4 rings (SSSR count). The molecule has 0 aliphatic carbocycles. The maximum atomic E-state index is 13.7. The average molecular weight is 833 g/mol. The fourth-order valence-electron chi connectivity index (χ4n) is 5.60. The summed E-state index contributed by atoms with van der Waals surface area (Å²) in [6.07, 6.45) is -9.17. The Morgan fingerprint density at radius 1 is 0.768 bits per heavy atom. The van der Waals surface area contributed by atoms with Gasteiger partial charge in [0.25, 0.3) is 10.1 Å². The molecule has 3 aromatic rings. The Balaban J connectivity index is 1.69. The van der Waals surface area contributed by atoms with E-state index in [9.17, 15) is 34.8 Å². The lowest BCUT2D eigenvalue weighted by Crippen LogP contribution is -2.49. The van der Waals surface area contributed by atoms with E-state index in [0.29, 0.717) is 18.8 Å². The van der Waals surface area contributed by atoms with Gasteiger partial charge in [0.2, 0.25) is 0 Å². The second kappa shape index (κ2) is 19.0. The van der Waals surface area contributed by atoms with Gasteiger partial charge in [0.05, 0.1) is 61.3 Å². The maximum absolute atomic E-state index is 13.7. The van der Waals surface area contributed by atoms with Crippen LogP contribution in [0.1, 0.15) is 62.3 Å². The molecule has 0 saturated carbocycles. The molecule has 3 aromatic carbocycles. The third kappa shape index (κ3) is 13.1. The van der Waals surface area contributed by atoms with Crippen molar-refractivity contribution in [3.8, 4) is 5.75 Å². The highest BCUT2D eigenvalue weighted by atomic mass is 32.2. The summed E-state index contributed by atoms with van der Waals surface area (Å²) >= 11 is 0. The molecule has 56 heavy (non-hydrogen) atoms. The van der Waals surface area contributed by atoms with Crippen molar-refractivity contribution in [3.63, 3.8) is 0 Å². The van der Waals surface area contributed by atoms with Crippen LogP contribution in [0, 0.1) is 0 Å². The number of hydrogen-bond acceptors (Lipinski definition) is 8. The van der Waals surface area contributed by atoms with Crippen molar-refractivity contribution in [2.75, 3.05) is 20.3 Å². The van der Waals surface area contributed by atoms with Crippen LogP contribution in [0.25, 0.3) is 0 Å². The van der Waals surface area contributed by atoms with Crippen molar-refractivity contribution in [1.82, 2.24) is 0 Å². The van der Waals surface area contributed by atoms with E-state index in [1.165, 1.54) is 7.11 Å². The lowest BCUT2D eigenvalue weighted by molar-refractivity contribution is -0.145. The van der Waals surface area contributed by atoms with Gasteiger partial charge >= 0.3 is 12.4 Å². The number of ether oxygens (including phenoxy) is 4. The molecule has 4 atom stereocenters. The monoisotopic (exact) mass is 832 g/mol. The topological polar surface area (TPSA) is 89.5 Å². The van der Waals surface area contributed by atoms with E-state index in [0.717, 1.165) is 11.1 Å². The molecule has 16 heteroatoms. The molecule has 0 aromatic heterocycles. The zero-order valence-electron chi connectivity index (χ0n) is 32.3. The molecule has 0 unspecified atom stereocenters. The third-order valence-corrected chi connectivity index (χ3v) is 15.6. The van der Waals surface area contributed by atoms with Crippen molar-refractivity contribution in [2.45, 2.75) is 113 Å². The van der Waals surface area contributed by atoms with Crippen LogP contribution < -0.4 is 4.74 Å². The molecule has 310 valence electrons. The number of alkyl halides is 6. The van der Waals surface area contributed by atoms with Crippen LogP contribution in [0.5, 0.6) is 5.75 Å². The Morgan fingerprint density at radius 2 is 1.34 bits per heavy atom. The van der Waals surface area contributed by atoms with Crippen molar-refractivity contribution in [2.24, 2.45) is 0 Å². The van der Waals surface area contributed by atoms with E-state index >= 15 is 0 Å². The van der Waals surface area contributed by atoms with E-state index in [1.54, 1.807) is 24.3 Å². The van der Waals surface area contributed by atoms with Crippen LogP contribution in [0.2, 0.25) is 18.1 Å². The lowest BCUT2D eigenvalue weighted by Gasteiger charge is -2.42. The molecular formula is C40H50F6O8SSi. The normalized spacial score (nSPS) is 20.9. The second-order valence-electron chi connectivity index (χ2n) is 15.1. The Hall–Kier alpha value is -3.25. The molecule has 0 N–H and O–H groups in total. The van der Waals surface area contributed by atoms with E-state index in [1.807, 2.05) is 42.5 Å². The van der Waals surface area contributed by atoms with Gasteiger partial charge in [-0.25, -0.2) is 0 Å². The number of benzene rings is 3. The summed E-state index contributed by atoms with van der Waals surface area (Å²) in [5, 5.41) is -0.190. The Bertz CT molecular complexity index is 1800. The molecule has 0 amide bonds. The zero-order valence-corrected chi connectivity index (χ0v) is 34.1. The quantitative estimate of drug-likeness (QED) is 0.0492. The lowest BCUT2D eigenvalue weighted by atomic mass is 10.1. The highest BCUT2D eigenvalue weighted by molar-refractivity contribution is 7.86. The van der Waals surface area contributed by atoms with Crippen molar-refractivity contribution in [1.29, 1.82) is 0 Å². The minimum atomic E-state index is -5.27. The van der Waals surface area contributed by atoms with Crippen LogP contribution in [0.3, 0.4) is 0 Å². The van der Waals surface area contributed by atoms with E-state index in [2.05, 4.69) is 33.9 Å². The number of hydrogen-bond donors (Lipinski definition) is 0. The minimum absolute atomic E-state index is 0.0480. The number of methoxy groups -OCH3 is 1. The van der Waals surface area contributed by atoms with Gasteiger partial charge in [-0.3, -0.25) is 4.18 Å². The number of rotatable bonds is 15. The predicted octanol–water partition coefficient (Wildman–Crippen LogP) is 10.1. The highest BCUT2D eigenvalue weighted by Crippen LogP contribution is 2.40. The van der Waals surface area contributed by atoms with Gasteiger partial charge in [-0.1, -0.05) is 75.4 Å². The summed E-state index contributed by atoms with van der Waals surface area (Å²) in [6.45, 7) is 10.2. The summed E-state index contributed by atoms with van der Waals surface area (Å²) in [4.78, 5) is -1.30. The third-order valence-electron chi connectivity index (χ3n) is 9.85. The average Bonchev–Trinajstić information content (AvgIpc) is 3.20. The van der Waals surface area contributed by atoms with Gasteiger partial charge in [0, 0.05) is 6.61 Å². The van der Waals surface area contributed by atoms with Gasteiger partial charge in [0.15, 0.2) is 8.32 Å². The van der Waals surface area contributed by atoms with E-state index < -0.39 is 77.8 Å². The van der Waals surface area contributed by atoms with E-state index in [-0.39, 0.29) is 49.3 Å². The van der Waals surface area contributed by atoms with Crippen molar-refractivity contribution in [3.05, 3.63) is 107 Å². The van der Waals surface area contributed by atoms with Crippen LogP contribution in [0.4, 0.5) is 26.3 Å². The maximum Gasteiger partial charge on any atom is 0.416 e. The summed E-state index contributed by atoms with van der Waals surface area (Å²) < 4.78 is 145. The minimum Gasteiger partial charge on any atom is -0.497 e. The summed E-state index contributed by atoms with van der Waals surface area (Å²) in [5.41, 5.74) is -1.89. The van der Waals surface area contributed by atoms with Crippen molar-refractivity contribution >= 4 is 18.4 Å². The molecular weight excluding hydrogens is 783 g/mol.